The van der Waals surface area contributed by atoms with Gasteiger partial charge in [0.05, 0.1) is 25.2 Å². The summed E-state index contributed by atoms with van der Waals surface area (Å²) in [6.45, 7) is 1.35. The number of hydrogen-bond donors (Lipinski definition) is 2. The first kappa shape index (κ1) is 21.2. The van der Waals surface area contributed by atoms with Crippen molar-refractivity contribution in [3.8, 4) is 5.75 Å². The number of aliphatic hydroxyl groups excluding tert-OH is 1. The van der Waals surface area contributed by atoms with Crippen molar-refractivity contribution in [2.24, 2.45) is 5.92 Å². The van der Waals surface area contributed by atoms with E-state index in [4.69, 9.17) is 4.74 Å². The lowest BCUT2D eigenvalue weighted by Gasteiger charge is -2.56. The van der Waals surface area contributed by atoms with Crippen LogP contribution in [-0.4, -0.2) is 70.0 Å². The van der Waals surface area contributed by atoms with Gasteiger partial charge in [-0.05, 0) is 42.7 Å². The Labute approximate surface area is 197 Å². The first-order valence-corrected chi connectivity index (χ1v) is 11.9. The minimum Gasteiger partial charge on any atom is -0.497 e. The van der Waals surface area contributed by atoms with Crippen LogP contribution in [0.4, 0.5) is 0 Å². The molecule has 6 rings (SSSR count). The maximum Gasteiger partial charge on any atom is 0.273 e. The number of aromatic nitrogens is 2. The summed E-state index contributed by atoms with van der Waals surface area (Å²) < 4.78 is 5.42. The van der Waals surface area contributed by atoms with Crippen LogP contribution < -0.4 is 4.74 Å². The number of pyridine rings is 1. The molecule has 2 aromatic heterocycles. The quantitative estimate of drug-likeness (QED) is 0.624. The zero-order chi connectivity index (χ0) is 23.4. The van der Waals surface area contributed by atoms with Crippen molar-refractivity contribution in [2.45, 2.75) is 30.7 Å². The number of nitrogens with one attached hydrogen (secondary N) is 1. The molecule has 3 aliphatic rings. The van der Waals surface area contributed by atoms with Crippen LogP contribution in [0.15, 0.2) is 42.6 Å². The summed E-state index contributed by atoms with van der Waals surface area (Å²) >= 11 is 0. The minimum atomic E-state index is -0.523. The monoisotopic (exact) mass is 460 g/mol. The summed E-state index contributed by atoms with van der Waals surface area (Å²) in [5, 5.41) is 11.5. The molecule has 8 heteroatoms. The Bertz CT molecular complexity index is 1260. The van der Waals surface area contributed by atoms with Crippen molar-refractivity contribution in [1.29, 1.82) is 0 Å². The number of likely N-dealkylation sites (tertiary alicyclic amines) is 1. The van der Waals surface area contributed by atoms with Gasteiger partial charge in [0, 0.05) is 54.4 Å². The number of H-pyrrole nitrogens is 1. The summed E-state index contributed by atoms with van der Waals surface area (Å²) in [4.78, 5) is 37.9. The Balaban J connectivity index is 1.44. The SMILES string of the molecule is COc1ccc2c3c([nH]c2c1)[C@H](CO)N(C(=O)c1ccccn1)CC31CN(C(=O)C2CCC2)C1. The number of benzene rings is 1. The van der Waals surface area contributed by atoms with Gasteiger partial charge >= 0.3 is 0 Å². The van der Waals surface area contributed by atoms with Crippen molar-refractivity contribution < 1.29 is 19.4 Å². The molecule has 8 nitrogen and oxygen atoms in total. The first-order chi connectivity index (χ1) is 16.5. The summed E-state index contributed by atoms with van der Waals surface area (Å²) in [6, 6.07) is 10.6. The number of aliphatic hydroxyl groups is 1. The third-order valence-corrected chi connectivity index (χ3v) is 7.82. The lowest BCUT2D eigenvalue weighted by atomic mass is 9.68. The van der Waals surface area contributed by atoms with Crippen molar-refractivity contribution in [1.82, 2.24) is 19.8 Å². The van der Waals surface area contributed by atoms with Crippen LogP contribution in [-0.2, 0) is 10.2 Å². The highest BCUT2D eigenvalue weighted by atomic mass is 16.5. The molecule has 2 amide bonds. The van der Waals surface area contributed by atoms with Gasteiger partial charge in [0.25, 0.3) is 5.91 Å². The predicted octanol–water partition coefficient (Wildman–Crippen LogP) is 2.64. The van der Waals surface area contributed by atoms with E-state index in [9.17, 15) is 14.7 Å². The van der Waals surface area contributed by atoms with Gasteiger partial charge in [0.15, 0.2) is 0 Å². The van der Waals surface area contributed by atoms with Gasteiger partial charge in [-0.25, -0.2) is 0 Å². The van der Waals surface area contributed by atoms with Crippen molar-refractivity contribution in [3.05, 3.63) is 59.5 Å². The molecule has 1 atom stereocenters. The zero-order valence-corrected chi connectivity index (χ0v) is 19.2. The van der Waals surface area contributed by atoms with Crippen LogP contribution in [0, 0.1) is 5.92 Å². The summed E-state index contributed by atoms with van der Waals surface area (Å²) in [6.07, 6.45) is 4.66. The van der Waals surface area contributed by atoms with Gasteiger partial charge in [-0.15, -0.1) is 0 Å². The second-order valence-corrected chi connectivity index (χ2v) is 9.77. The fourth-order valence-electron chi connectivity index (χ4n) is 5.87. The van der Waals surface area contributed by atoms with Crippen molar-refractivity contribution in [3.63, 3.8) is 0 Å². The molecule has 1 spiro atoms. The molecule has 176 valence electrons. The minimum absolute atomic E-state index is 0.143. The third-order valence-electron chi connectivity index (χ3n) is 7.82. The lowest BCUT2D eigenvalue weighted by molar-refractivity contribution is -0.147. The van der Waals surface area contributed by atoms with E-state index in [2.05, 4.69) is 9.97 Å². The molecule has 1 aromatic carbocycles. The number of carbonyl (C=O) groups is 2. The molecule has 3 aromatic rings. The second-order valence-electron chi connectivity index (χ2n) is 9.77. The Morgan fingerprint density at radius 1 is 1.21 bits per heavy atom. The molecule has 1 saturated heterocycles. The molecule has 0 radical (unpaired) electrons. The topological polar surface area (TPSA) is 98.8 Å². The average molecular weight is 461 g/mol. The second kappa shape index (κ2) is 7.84. The lowest BCUT2D eigenvalue weighted by Crippen LogP contribution is -2.69. The van der Waals surface area contributed by atoms with E-state index >= 15 is 0 Å². The number of carbonyl (C=O) groups excluding carboxylic acids is 2. The molecule has 2 N–H and O–H groups in total. The Kier molecular flexibility index (Phi) is 4.88. The summed E-state index contributed by atoms with van der Waals surface area (Å²) in [5.41, 5.74) is 2.79. The van der Waals surface area contributed by atoms with Gasteiger partial charge in [-0.1, -0.05) is 12.5 Å². The number of methoxy groups -OCH3 is 1. The number of fused-ring (bicyclic) bond motifs is 4. The highest BCUT2D eigenvalue weighted by molar-refractivity contribution is 5.95. The van der Waals surface area contributed by atoms with Crippen LogP contribution in [0.3, 0.4) is 0 Å². The fourth-order valence-corrected chi connectivity index (χ4v) is 5.87. The van der Waals surface area contributed by atoms with E-state index in [1.807, 2.05) is 23.1 Å². The smallest absolute Gasteiger partial charge is 0.273 e. The molecular weight excluding hydrogens is 432 g/mol. The maximum absolute atomic E-state index is 13.5. The molecule has 1 saturated carbocycles. The highest BCUT2D eigenvalue weighted by Gasteiger charge is 2.55. The molecule has 2 aliphatic heterocycles. The zero-order valence-electron chi connectivity index (χ0n) is 19.2. The van der Waals surface area contributed by atoms with Gasteiger partial charge < -0.3 is 24.6 Å². The Morgan fingerprint density at radius 2 is 2.03 bits per heavy atom. The third kappa shape index (κ3) is 3.05. The van der Waals surface area contributed by atoms with Gasteiger partial charge in [0.1, 0.15) is 11.4 Å². The number of ether oxygens (including phenoxy) is 1. The number of aromatic amines is 1. The standard InChI is InChI=1S/C26H28N4O4/c1-34-17-8-9-18-20(11-17)28-23-21(12-31)30(25(33)19-7-2-3-10-27-19)15-26(22(18)23)13-29(14-26)24(32)16-5-4-6-16/h2-3,7-11,16,21,28,31H,4-6,12-15H2,1H3/t21-/m0/s1. The highest BCUT2D eigenvalue weighted by Crippen LogP contribution is 2.49. The number of hydrogen-bond acceptors (Lipinski definition) is 5. The van der Waals surface area contributed by atoms with Crippen LogP contribution in [0.2, 0.25) is 0 Å². The van der Waals surface area contributed by atoms with E-state index < -0.39 is 11.5 Å². The van der Waals surface area contributed by atoms with Gasteiger partial charge in [-0.2, -0.15) is 0 Å². The largest absolute Gasteiger partial charge is 0.497 e. The summed E-state index contributed by atoms with van der Waals surface area (Å²) in [7, 11) is 1.63. The Morgan fingerprint density at radius 3 is 2.68 bits per heavy atom. The van der Waals surface area contributed by atoms with E-state index in [0.29, 0.717) is 25.3 Å². The summed E-state index contributed by atoms with van der Waals surface area (Å²) in [5.74, 6) is 0.887. The van der Waals surface area contributed by atoms with Crippen LogP contribution in [0.1, 0.15) is 47.1 Å². The Hall–Kier alpha value is -3.39. The maximum atomic E-state index is 13.5. The van der Waals surface area contributed by atoms with Crippen LogP contribution >= 0.6 is 0 Å². The number of nitrogens with zero attached hydrogens (tertiary/aromatic N) is 3. The average Bonchev–Trinajstić information content (AvgIpc) is 3.19. The molecule has 34 heavy (non-hydrogen) atoms. The molecule has 1 aliphatic carbocycles. The van der Waals surface area contributed by atoms with Crippen LogP contribution in [0.25, 0.3) is 10.9 Å². The van der Waals surface area contributed by atoms with E-state index in [-0.39, 0.29) is 24.3 Å². The van der Waals surface area contributed by atoms with Crippen LogP contribution in [0.5, 0.6) is 5.75 Å². The number of amides is 2. The molecule has 4 heterocycles. The van der Waals surface area contributed by atoms with Crippen molar-refractivity contribution in [2.75, 3.05) is 33.4 Å². The van der Waals surface area contributed by atoms with E-state index in [1.165, 1.54) is 0 Å². The first-order valence-electron chi connectivity index (χ1n) is 11.9. The van der Waals surface area contributed by atoms with Gasteiger partial charge in [-0.3, -0.25) is 14.6 Å². The van der Waals surface area contributed by atoms with Gasteiger partial charge in [0.2, 0.25) is 5.91 Å². The number of rotatable bonds is 4. The normalized spacial score (nSPS) is 21.2. The fraction of sp³-hybridized carbons (Fsp3) is 0.423. The molecular formula is C26H28N4O4. The van der Waals surface area contributed by atoms with E-state index in [0.717, 1.165) is 47.2 Å². The molecule has 0 unspecified atom stereocenters. The van der Waals surface area contributed by atoms with E-state index in [1.54, 1.807) is 36.4 Å². The molecule has 0 bridgehead atoms. The van der Waals surface area contributed by atoms with Crippen molar-refractivity contribution >= 4 is 22.7 Å². The predicted molar refractivity (Wildman–Crippen MR) is 126 cm³/mol. The molecule has 2 fully saturated rings.